The molecule has 1 aromatic carbocycles. The normalized spacial score (nSPS) is 18.6. The van der Waals surface area contributed by atoms with E-state index in [0.29, 0.717) is 11.7 Å². The van der Waals surface area contributed by atoms with Gasteiger partial charge in [0, 0.05) is 24.4 Å². The minimum atomic E-state index is -0.404. The number of nitro groups is 1. The first-order valence-corrected chi connectivity index (χ1v) is 6.97. The quantitative estimate of drug-likeness (QED) is 0.617. The van der Waals surface area contributed by atoms with Crippen LogP contribution in [-0.2, 0) is 0 Å². The topological polar surface area (TPSA) is 76.4 Å². The van der Waals surface area contributed by atoms with Gasteiger partial charge in [-0.15, -0.1) is 0 Å². The lowest BCUT2D eigenvalue weighted by Crippen LogP contribution is -2.30. The average molecular weight is 279 g/mol. The lowest BCUT2D eigenvalue weighted by atomic mass is 9.96. The van der Waals surface area contributed by atoms with Crippen LogP contribution in [0.5, 0.6) is 5.75 Å². The van der Waals surface area contributed by atoms with E-state index in [2.05, 4.69) is 10.6 Å². The van der Waals surface area contributed by atoms with Gasteiger partial charge in [0.15, 0.2) is 0 Å². The molecule has 110 valence electrons. The summed E-state index contributed by atoms with van der Waals surface area (Å²) in [4.78, 5) is 10.5. The van der Waals surface area contributed by atoms with Crippen molar-refractivity contribution in [1.82, 2.24) is 5.32 Å². The fraction of sp³-hybridized carbons (Fsp3) is 0.571. The van der Waals surface area contributed by atoms with Gasteiger partial charge in [-0.25, -0.2) is 0 Å². The summed E-state index contributed by atoms with van der Waals surface area (Å²) >= 11 is 0. The second kappa shape index (κ2) is 7.09. The van der Waals surface area contributed by atoms with Crippen molar-refractivity contribution in [3.8, 4) is 5.75 Å². The number of piperidine rings is 1. The third kappa shape index (κ3) is 4.09. The molecule has 2 rings (SSSR count). The molecule has 0 amide bonds. The van der Waals surface area contributed by atoms with Crippen molar-refractivity contribution in [2.45, 2.75) is 19.3 Å². The minimum Gasteiger partial charge on any atom is -0.496 e. The Kier molecular flexibility index (Phi) is 5.17. The molecule has 1 saturated heterocycles. The van der Waals surface area contributed by atoms with Crippen molar-refractivity contribution < 1.29 is 9.66 Å². The Balaban J connectivity index is 1.91. The van der Waals surface area contributed by atoms with Gasteiger partial charge in [-0.05, 0) is 38.3 Å². The first kappa shape index (κ1) is 14.6. The van der Waals surface area contributed by atoms with Crippen molar-refractivity contribution in [3.05, 3.63) is 28.3 Å². The Hall–Kier alpha value is -1.82. The molecule has 0 aromatic heterocycles. The Morgan fingerprint density at radius 1 is 1.50 bits per heavy atom. The van der Waals surface area contributed by atoms with E-state index in [4.69, 9.17) is 4.74 Å². The highest BCUT2D eigenvalue weighted by molar-refractivity contribution is 5.56. The molecule has 20 heavy (non-hydrogen) atoms. The van der Waals surface area contributed by atoms with Crippen molar-refractivity contribution in [3.63, 3.8) is 0 Å². The Morgan fingerprint density at radius 3 is 3.00 bits per heavy atom. The molecular weight excluding hydrogens is 258 g/mol. The van der Waals surface area contributed by atoms with Crippen molar-refractivity contribution >= 4 is 11.4 Å². The third-order valence-electron chi connectivity index (χ3n) is 3.62. The number of nitrogens with one attached hydrogen (secondary N) is 2. The van der Waals surface area contributed by atoms with E-state index in [-0.39, 0.29) is 5.69 Å². The zero-order chi connectivity index (χ0) is 14.4. The van der Waals surface area contributed by atoms with Crippen LogP contribution >= 0.6 is 0 Å². The molecular formula is C14H21N3O3. The van der Waals surface area contributed by atoms with E-state index in [1.54, 1.807) is 12.1 Å². The summed E-state index contributed by atoms with van der Waals surface area (Å²) in [5.74, 6) is 1.19. The molecule has 2 N–H and O–H groups in total. The lowest BCUT2D eigenvalue weighted by molar-refractivity contribution is -0.384. The van der Waals surface area contributed by atoms with Crippen LogP contribution in [0, 0.1) is 16.0 Å². The van der Waals surface area contributed by atoms with Crippen LogP contribution in [-0.4, -0.2) is 31.7 Å². The molecule has 6 heteroatoms. The predicted octanol–water partition coefficient (Wildman–Crippen LogP) is 2.41. The van der Waals surface area contributed by atoms with Crippen LogP contribution in [0.2, 0.25) is 0 Å². The number of hydrogen-bond acceptors (Lipinski definition) is 5. The Morgan fingerprint density at radius 2 is 2.35 bits per heavy atom. The zero-order valence-corrected chi connectivity index (χ0v) is 11.7. The largest absolute Gasteiger partial charge is 0.496 e. The smallest absolute Gasteiger partial charge is 0.275 e. The molecule has 0 radical (unpaired) electrons. The molecule has 1 atom stereocenters. The van der Waals surface area contributed by atoms with Crippen LogP contribution in [0.1, 0.15) is 19.3 Å². The van der Waals surface area contributed by atoms with Gasteiger partial charge in [-0.1, -0.05) is 0 Å². The Bertz CT molecular complexity index is 459. The van der Waals surface area contributed by atoms with Gasteiger partial charge in [-0.3, -0.25) is 10.1 Å². The second-order valence-corrected chi connectivity index (χ2v) is 5.10. The average Bonchev–Trinajstić information content (AvgIpc) is 2.48. The van der Waals surface area contributed by atoms with E-state index >= 15 is 0 Å². The monoisotopic (exact) mass is 279 g/mol. The van der Waals surface area contributed by atoms with Crippen molar-refractivity contribution in [2.24, 2.45) is 5.92 Å². The van der Waals surface area contributed by atoms with Crippen LogP contribution < -0.4 is 15.4 Å². The summed E-state index contributed by atoms with van der Waals surface area (Å²) in [5, 5.41) is 17.5. The highest BCUT2D eigenvalue weighted by Gasteiger charge is 2.13. The number of nitrogens with zero attached hydrogens (tertiary/aromatic N) is 1. The summed E-state index contributed by atoms with van der Waals surface area (Å²) in [6.07, 6.45) is 3.56. The molecule has 6 nitrogen and oxygen atoms in total. The summed E-state index contributed by atoms with van der Waals surface area (Å²) < 4.78 is 5.09. The lowest BCUT2D eigenvalue weighted by Gasteiger charge is -2.22. The van der Waals surface area contributed by atoms with Gasteiger partial charge in [-0.2, -0.15) is 0 Å². The van der Waals surface area contributed by atoms with Gasteiger partial charge < -0.3 is 15.4 Å². The first-order valence-electron chi connectivity index (χ1n) is 6.97. The van der Waals surface area contributed by atoms with E-state index in [9.17, 15) is 10.1 Å². The van der Waals surface area contributed by atoms with Gasteiger partial charge in [0.05, 0.1) is 18.1 Å². The summed E-state index contributed by atoms with van der Waals surface area (Å²) in [7, 11) is 1.51. The molecule has 0 bridgehead atoms. The number of non-ortho nitro benzene ring substituents is 1. The standard InChI is InChI=1S/C14H21N3O3/c1-20-14-8-12(7-13(9-14)17(18)19)16-6-4-11-3-2-5-15-10-11/h7-9,11,15-16H,2-6,10H2,1H3. The molecule has 0 aliphatic carbocycles. The van der Waals surface area contributed by atoms with Crippen molar-refractivity contribution in [2.75, 3.05) is 32.1 Å². The van der Waals surface area contributed by atoms with Gasteiger partial charge in [0.25, 0.3) is 5.69 Å². The number of nitro benzene ring substituents is 1. The van der Waals surface area contributed by atoms with Crippen molar-refractivity contribution in [1.29, 1.82) is 0 Å². The summed E-state index contributed by atoms with van der Waals surface area (Å²) in [6.45, 7) is 3.00. The van der Waals surface area contributed by atoms with Crippen LogP contribution in [0.4, 0.5) is 11.4 Å². The molecule has 0 spiro atoms. The highest BCUT2D eigenvalue weighted by Crippen LogP contribution is 2.26. The number of rotatable bonds is 6. The molecule has 1 aromatic rings. The van der Waals surface area contributed by atoms with Gasteiger partial charge in [0.1, 0.15) is 5.75 Å². The maximum atomic E-state index is 10.9. The molecule has 1 aliphatic heterocycles. The van der Waals surface area contributed by atoms with Gasteiger partial charge in [0.2, 0.25) is 0 Å². The summed E-state index contributed by atoms with van der Waals surface area (Å²) in [6, 6.07) is 4.75. The van der Waals surface area contributed by atoms with E-state index in [1.165, 1.54) is 26.0 Å². The first-order chi connectivity index (χ1) is 9.69. The molecule has 1 fully saturated rings. The second-order valence-electron chi connectivity index (χ2n) is 5.10. The highest BCUT2D eigenvalue weighted by atomic mass is 16.6. The van der Waals surface area contributed by atoms with E-state index < -0.39 is 4.92 Å². The number of ether oxygens (including phenoxy) is 1. The third-order valence-corrected chi connectivity index (χ3v) is 3.62. The maximum absolute atomic E-state index is 10.9. The van der Waals surface area contributed by atoms with Crippen LogP contribution in [0.3, 0.4) is 0 Å². The molecule has 1 aliphatic rings. The van der Waals surface area contributed by atoms with Crippen LogP contribution in [0.15, 0.2) is 18.2 Å². The maximum Gasteiger partial charge on any atom is 0.275 e. The molecule has 0 saturated carbocycles. The van der Waals surface area contributed by atoms with Crippen LogP contribution in [0.25, 0.3) is 0 Å². The molecule has 1 unspecified atom stereocenters. The van der Waals surface area contributed by atoms with Gasteiger partial charge >= 0.3 is 0 Å². The fourth-order valence-corrected chi connectivity index (χ4v) is 2.50. The minimum absolute atomic E-state index is 0.0474. The predicted molar refractivity (Wildman–Crippen MR) is 78.3 cm³/mol. The number of hydrogen-bond donors (Lipinski definition) is 2. The molecule has 1 heterocycles. The zero-order valence-electron chi connectivity index (χ0n) is 11.7. The number of methoxy groups -OCH3 is 1. The fourth-order valence-electron chi connectivity index (χ4n) is 2.50. The van der Waals surface area contributed by atoms with E-state index in [1.807, 2.05) is 0 Å². The van der Waals surface area contributed by atoms with E-state index in [0.717, 1.165) is 31.7 Å². The SMILES string of the molecule is COc1cc(NCCC2CCCNC2)cc([N+](=O)[O-])c1. The summed E-state index contributed by atoms with van der Waals surface area (Å²) in [5.41, 5.74) is 0.783. The number of benzene rings is 1. The Labute approximate surface area is 118 Å². The number of anilines is 1.